The van der Waals surface area contributed by atoms with Gasteiger partial charge in [0.1, 0.15) is 23.8 Å². The molecule has 2 aliphatic rings. The highest BCUT2D eigenvalue weighted by Gasteiger charge is 2.25. The Balaban J connectivity index is 1.52. The average molecular weight is 425 g/mol. The largest absolute Gasteiger partial charge is 0.486 e. The molecule has 8 heteroatoms. The Bertz CT molecular complexity index is 1030. The van der Waals surface area contributed by atoms with Crippen LogP contribution in [0, 0.1) is 0 Å². The Hall–Kier alpha value is -3.29. The summed E-state index contributed by atoms with van der Waals surface area (Å²) in [5, 5.41) is 5.26. The summed E-state index contributed by atoms with van der Waals surface area (Å²) < 4.78 is 13.4. The maximum atomic E-state index is 12.9. The molecule has 8 nitrogen and oxygen atoms in total. The van der Waals surface area contributed by atoms with Gasteiger partial charge in [0.05, 0.1) is 6.54 Å². The summed E-state index contributed by atoms with van der Waals surface area (Å²) in [4.78, 5) is 38.0. The molecule has 1 saturated carbocycles. The molecule has 1 fully saturated rings. The lowest BCUT2D eigenvalue weighted by molar-refractivity contribution is 0.0788. The molecule has 1 aliphatic carbocycles. The van der Waals surface area contributed by atoms with E-state index in [-0.39, 0.29) is 29.8 Å². The van der Waals surface area contributed by atoms with Crippen molar-refractivity contribution in [2.45, 2.75) is 44.2 Å². The van der Waals surface area contributed by atoms with Crippen molar-refractivity contribution in [2.24, 2.45) is 0 Å². The van der Waals surface area contributed by atoms with E-state index < -0.39 is 17.2 Å². The molecule has 1 aromatic heterocycles. The average Bonchev–Trinajstić information content (AvgIpc) is 2.82. The molecule has 1 unspecified atom stereocenters. The predicted octanol–water partition coefficient (Wildman–Crippen LogP) is 2.28. The van der Waals surface area contributed by atoms with E-state index in [1.165, 1.54) is 13.5 Å². The number of nitrogens with one attached hydrogen (secondary N) is 2. The van der Waals surface area contributed by atoms with Gasteiger partial charge < -0.3 is 24.7 Å². The summed E-state index contributed by atoms with van der Waals surface area (Å²) >= 11 is 0. The Morgan fingerprint density at radius 1 is 1.03 bits per heavy atom. The SMILES string of the molecule is CNC(=O)c1cn(C2CCCCC2)cc(C(=O)NCC2COc3ccccc3O2)c1=O. The highest BCUT2D eigenvalue weighted by Crippen LogP contribution is 2.31. The molecule has 4 rings (SSSR count). The van der Waals surface area contributed by atoms with Crippen molar-refractivity contribution in [3.05, 3.63) is 58.0 Å². The first kappa shape index (κ1) is 21.0. The lowest BCUT2D eigenvalue weighted by Crippen LogP contribution is -2.42. The summed E-state index contributed by atoms with van der Waals surface area (Å²) in [6, 6.07) is 7.51. The van der Waals surface area contributed by atoms with E-state index in [1.54, 1.807) is 18.5 Å². The van der Waals surface area contributed by atoms with Crippen LogP contribution < -0.4 is 25.5 Å². The van der Waals surface area contributed by atoms with Crippen molar-refractivity contribution < 1.29 is 19.1 Å². The summed E-state index contributed by atoms with van der Waals surface area (Å²) in [6.45, 7) is 0.474. The van der Waals surface area contributed by atoms with Crippen LogP contribution in [0.4, 0.5) is 0 Å². The number of ether oxygens (including phenoxy) is 2. The van der Waals surface area contributed by atoms with Crippen LogP contribution in [0.5, 0.6) is 11.5 Å². The second-order valence-electron chi connectivity index (χ2n) is 7.94. The fraction of sp³-hybridized carbons (Fsp3) is 0.435. The van der Waals surface area contributed by atoms with Crippen LogP contribution in [0.3, 0.4) is 0 Å². The van der Waals surface area contributed by atoms with Crippen LogP contribution in [0.1, 0.15) is 58.9 Å². The van der Waals surface area contributed by atoms with Crippen LogP contribution >= 0.6 is 0 Å². The van der Waals surface area contributed by atoms with E-state index in [0.717, 1.165) is 25.7 Å². The number of aromatic nitrogens is 1. The predicted molar refractivity (Wildman–Crippen MR) is 115 cm³/mol. The molecule has 2 aromatic rings. The molecule has 1 atom stereocenters. The molecule has 0 radical (unpaired) electrons. The number of carbonyl (C=O) groups is 2. The molecule has 2 heterocycles. The van der Waals surface area contributed by atoms with Gasteiger partial charge in [0, 0.05) is 25.5 Å². The van der Waals surface area contributed by atoms with Gasteiger partial charge >= 0.3 is 0 Å². The van der Waals surface area contributed by atoms with Gasteiger partial charge in [-0.05, 0) is 25.0 Å². The van der Waals surface area contributed by atoms with E-state index in [1.807, 2.05) is 22.8 Å². The van der Waals surface area contributed by atoms with E-state index in [9.17, 15) is 14.4 Å². The topological polar surface area (TPSA) is 98.7 Å². The Morgan fingerprint density at radius 2 is 1.71 bits per heavy atom. The number of hydrogen-bond donors (Lipinski definition) is 2. The molecule has 0 saturated heterocycles. The minimum absolute atomic E-state index is 0.0214. The van der Waals surface area contributed by atoms with Crippen LogP contribution in [-0.4, -0.2) is 42.7 Å². The minimum atomic E-state index is -0.574. The molecule has 0 spiro atoms. The molecule has 164 valence electrons. The number of pyridine rings is 1. The fourth-order valence-corrected chi connectivity index (χ4v) is 4.11. The zero-order valence-electron chi connectivity index (χ0n) is 17.6. The highest BCUT2D eigenvalue weighted by atomic mass is 16.6. The number of amides is 2. The summed E-state index contributed by atoms with van der Waals surface area (Å²) in [5.41, 5.74) is -0.634. The van der Waals surface area contributed by atoms with Gasteiger partial charge in [0.25, 0.3) is 11.8 Å². The van der Waals surface area contributed by atoms with Gasteiger partial charge in [-0.1, -0.05) is 31.4 Å². The van der Waals surface area contributed by atoms with Crippen molar-refractivity contribution >= 4 is 11.8 Å². The van der Waals surface area contributed by atoms with Crippen molar-refractivity contribution in [1.82, 2.24) is 15.2 Å². The van der Waals surface area contributed by atoms with Crippen molar-refractivity contribution in [3.63, 3.8) is 0 Å². The standard InChI is InChI=1S/C23H27N3O5/c1-24-22(28)17-12-26(15-7-3-2-4-8-15)13-18(21(17)27)23(29)25-11-16-14-30-19-9-5-6-10-20(19)31-16/h5-6,9-10,12-13,15-16H,2-4,7-8,11,14H2,1H3,(H,24,28)(H,25,29). The number of nitrogens with zero attached hydrogens (tertiary/aromatic N) is 1. The lowest BCUT2D eigenvalue weighted by atomic mass is 9.95. The number of hydrogen-bond acceptors (Lipinski definition) is 5. The third-order valence-corrected chi connectivity index (χ3v) is 5.82. The van der Waals surface area contributed by atoms with E-state index in [2.05, 4.69) is 10.6 Å². The van der Waals surface area contributed by atoms with E-state index in [4.69, 9.17) is 9.47 Å². The quantitative estimate of drug-likeness (QED) is 0.766. The van der Waals surface area contributed by atoms with Crippen molar-refractivity contribution in [3.8, 4) is 11.5 Å². The monoisotopic (exact) mass is 425 g/mol. The molecule has 1 aliphatic heterocycles. The number of fused-ring (bicyclic) bond motifs is 1. The lowest BCUT2D eigenvalue weighted by Gasteiger charge is -2.27. The van der Waals surface area contributed by atoms with Crippen molar-refractivity contribution in [1.29, 1.82) is 0 Å². The van der Waals surface area contributed by atoms with Crippen LogP contribution in [0.15, 0.2) is 41.5 Å². The zero-order valence-corrected chi connectivity index (χ0v) is 17.6. The minimum Gasteiger partial charge on any atom is -0.486 e. The molecule has 1 aromatic carbocycles. The normalized spacial score (nSPS) is 18.3. The van der Waals surface area contributed by atoms with Gasteiger partial charge in [0.2, 0.25) is 5.43 Å². The number of para-hydroxylation sites is 2. The third-order valence-electron chi connectivity index (χ3n) is 5.82. The van der Waals surface area contributed by atoms with Gasteiger partial charge in [-0.25, -0.2) is 0 Å². The van der Waals surface area contributed by atoms with E-state index in [0.29, 0.717) is 18.1 Å². The first-order valence-electron chi connectivity index (χ1n) is 10.7. The summed E-state index contributed by atoms with van der Waals surface area (Å²) in [5.74, 6) is 0.264. The number of benzene rings is 1. The highest BCUT2D eigenvalue weighted by molar-refractivity contribution is 5.99. The fourth-order valence-electron chi connectivity index (χ4n) is 4.11. The molecular weight excluding hydrogens is 398 g/mol. The maximum absolute atomic E-state index is 12.9. The van der Waals surface area contributed by atoms with Crippen LogP contribution in [0.25, 0.3) is 0 Å². The molecular formula is C23H27N3O5. The molecule has 2 amide bonds. The summed E-state index contributed by atoms with van der Waals surface area (Å²) in [6.07, 6.45) is 8.06. The third kappa shape index (κ3) is 4.57. The second-order valence-corrected chi connectivity index (χ2v) is 7.94. The summed E-state index contributed by atoms with van der Waals surface area (Å²) in [7, 11) is 1.47. The smallest absolute Gasteiger partial charge is 0.256 e. The van der Waals surface area contributed by atoms with Gasteiger partial charge in [-0.3, -0.25) is 14.4 Å². The molecule has 0 bridgehead atoms. The first-order chi connectivity index (χ1) is 15.1. The Morgan fingerprint density at radius 3 is 2.42 bits per heavy atom. The van der Waals surface area contributed by atoms with Gasteiger partial charge in [0.15, 0.2) is 11.5 Å². The van der Waals surface area contributed by atoms with Crippen LogP contribution in [-0.2, 0) is 0 Å². The number of carbonyl (C=O) groups excluding carboxylic acids is 2. The molecule has 31 heavy (non-hydrogen) atoms. The van der Waals surface area contributed by atoms with Crippen LogP contribution in [0.2, 0.25) is 0 Å². The Labute approximate surface area is 180 Å². The Kier molecular flexibility index (Phi) is 6.25. The van der Waals surface area contributed by atoms with E-state index >= 15 is 0 Å². The zero-order chi connectivity index (χ0) is 21.8. The number of rotatable bonds is 5. The second kappa shape index (κ2) is 9.24. The molecule has 2 N–H and O–H groups in total. The first-order valence-corrected chi connectivity index (χ1v) is 10.7. The van der Waals surface area contributed by atoms with Gasteiger partial charge in [-0.15, -0.1) is 0 Å². The maximum Gasteiger partial charge on any atom is 0.256 e. The van der Waals surface area contributed by atoms with Gasteiger partial charge in [-0.2, -0.15) is 0 Å². The van der Waals surface area contributed by atoms with Crippen molar-refractivity contribution in [2.75, 3.05) is 20.2 Å².